The zero-order valence-corrected chi connectivity index (χ0v) is 13.6. The number of ether oxygens (including phenoxy) is 1. The van der Waals surface area contributed by atoms with Gasteiger partial charge in [-0.1, -0.05) is 6.92 Å². The molecule has 0 aliphatic rings. The van der Waals surface area contributed by atoms with Gasteiger partial charge in [0.15, 0.2) is 5.03 Å². The number of pyridine rings is 1. The summed E-state index contributed by atoms with van der Waals surface area (Å²) in [6.07, 6.45) is 2.02. The molecule has 114 valence electrons. The highest BCUT2D eigenvalue weighted by Crippen LogP contribution is 2.18. The summed E-state index contributed by atoms with van der Waals surface area (Å²) in [6.45, 7) is 4.17. The van der Waals surface area contributed by atoms with Crippen molar-refractivity contribution in [2.75, 3.05) is 7.11 Å². The van der Waals surface area contributed by atoms with Crippen molar-refractivity contribution < 1.29 is 13.2 Å². The van der Waals surface area contributed by atoms with E-state index in [9.17, 15) is 8.42 Å². The molecule has 0 radical (unpaired) electrons. The summed E-state index contributed by atoms with van der Waals surface area (Å²) in [7, 11) is 3.09. The second-order valence-electron chi connectivity index (χ2n) is 4.55. The molecule has 2 aromatic heterocycles. The van der Waals surface area contributed by atoms with E-state index in [2.05, 4.69) is 9.97 Å². The molecule has 21 heavy (non-hydrogen) atoms. The minimum absolute atomic E-state index is 0.138. The van der Waals surface area contributed by atoms with Gasteiger partial charge in [-0.15, -0.1) is 0 Å². The SMILES string of the molecule is CCc1nc(S(=O)(=O)Cl)cn1Cc1cc(OC)cc(C)n1. The minimum Gasteiger partial charge on any atom is -0.497 e. The molecule has 8 heteroatoms. The zero-order chi connectivity index (χ0) is 15.6. The van der Waals surface area contributed by atoms with Crippen molar-refractivity contribution in [3.05, 3.63) is 35.5 Å². The number of aryl methyl sites for hydroxylation is 2. The van der Waals surface area contributed by atoms with E-state index < -0.39 is 9.05 Å². The van der Waals surface area contributed by atoms with E-state index in [1.165, 1.54) is 6.20 Å². The first-order valence-electron chi connectivity index (χ1n) is 6.35. The summed E-state index contributed by atoms with van der Waals surface area (Å²) in [6, 6.07) is 3.63. The minimum atomic E-state index is -3.83. The Hall–Kier alpha value is -1.60. The van der Waals surface area contributed by atoms with E-state index in [1.807, 2.05) is 19.9 Å². The van der Waals surface area contributed by atoms with Crippen molar-refractivity contribution in [3.63, 3.8) is 0 Å². The highest BCUT2D eigenvalue weighted by atomic mass is 35.7. The Balaban J connectivity index is 2.39. The number of nitrogens with zero attached hydrogens (tertiary/aromatic N) is 3. The predicted molar refractivity (Wildman–Crippen MR) is 79.3 cm³/mol. The number of imidazole rings is 1. The van der Waals surface area contributed by atoms with Crippen LogP contribution in [0.5, 0.6) is 5.75 Å². The molecule has 0 aliphatic carbocycles. The number of rotatable bonds is 5. The van der Waals surface area contributed by atoms with Crippen LogP contribution in [0.4, 0.5) is 0 Å². The van der Waals surface area contributed by atoms with Crippen molar-refractivity contribution in [3.8, 4) is 5.75 Å². The average molecular weight is 330 g/mol. The molecule has 0 spiro atoms. The van der Waals surface area contributed by atoms with Crippen LogP contribution in [0.15, 0.2) is 23.4 Å². The molecule has 0 atom stereocenters. The van der Waals surface area contributed by atoms with Gasteiger partial charge in [0.25, 0.3) is 9.05 Å². The number of aromatic nitrogens is 3. The molecule has 0 fully saturated rings. The lowest BCUT2D eigenvalue weighted by molar-refractivity contribution is 0.412. The first-order valence-corrected chi connectivity index (χ1v) is 8.66. The third-order valence-corrected chi connectivity index (χ3v) is 4.12. The third kappa shape index (κ3) is 3.74. The lowest BCUT2D eigenvalue weighted by Crippen LogP contribution is -2.06. The van der Waals surface area contributed by atoms with Gasteiger partial charge in [0.2, 0.25) is 0 Å². The van der Waals surface area contributed by atoms with Crippen LogP contribution in [0, 0.1) is 6.92 Å². The van der Waals surface area contributed by atoms with Gasteiger partial charge in [0.1, 0.15) is 11.6 Å². The van der Waals surface area contributed by atoms with Gasteiger partial charge >= 0.3 is 0 Å². The Morgan fingerprint density at radius 1 is 1.33 bits per heavy atom. The summed E-state index contributed by atoms with van der Waals surface area (Å²) < 4.78 is 29.7. The van der Waals surface area contributed by atoms with Crippen LogP contribution in [0.1, 0.15) is 24.1 Å². The Morgan fingerprint density at radius 2 is 2.05 bits per heavy atom. The topological polar surface area (TPSA) is 74.1 Å². The van der Waals surface area contributed by atoms with Crippen molar-refractivity contribution >= 4 is 19.7 Å². The molecular formula is C13H16ClN3O3S. The number of methoxy groups -OCH3 is 1. The van der Waals surface area contributed by atoms with E-state index in [1.54, 1.807) is 17.7 Å². The maximum Gasteiger partial charge on any atom is 0.280 e. The van der Waals surface area contributed by atoms with Gasteiger partial charge in [-0.2, -0.15) is 0 Å². The maximum absolute atomic E-state index is 11.4. The summed E-state index contributed by atoms with van der Waals surface area (Å²) in [5.74, 6) is 1.34. The lowest BCUT2D eigenvalue weighted by Gasteiger charge is -2.08. The van der Waals surface area contributed by atoms with Gasteiger partial charge in [-0.25, -0.2) is 13.4 Å². The van der Waals surface area contributed by atoms with Gasteiger partial charge in [0, 0.05) is 41.1 Å². The molecule has 0 saturated heterocycles. The number of hydrogen-bond acceptors (Lipinski definition) is 5. The second kappa shape index (κ2) is 6.03. The van der Waals surface area contributed by atoms with Gasteiger partial charge < -0.3 is 9.30 Å². The quantitative estimate of drug-likeness (QED) is 0.786. The molecule has 0 amide bonds. The fourth-order valence-corrected chi connectivity index (χ4v) is 2.73. The highest BCUT2D eigenvalue weighted by molar-refractivity contribution is 8.13. The van der Waals surface area contributed by atoms with Crippen LogP contribution in [0.3, 0.4) is 0 Å². The van der Waals surface area contributed by atoms with Crippen molar-refractivity contribution in [2.24, 2.45) is 0 Å². The molecule has 0 unspecified atom stereocenters. The molecule has 0 saturated carbocycles. The molecule has 0 aliphatic heterocycles. The van der Waals surface area contributed by atoms with Crippen LogP contribution < -0.4 is 4.74 Å². The first-order chi connectivity index (χ1) is 9.83. The fraction of sp³-hybridized carbons (Fsp3) is 0.385. The Labute approximate surface area is 128 Å². The van der Waals surface area contributed by atoms with Crippen molar-refractivity contribution in [1.29, 1.82) is 0 Å². The normalized spacial score (nSPS) is 11.6. The van der Waals surface area contributed by atoms with Gasteiger partial charge in [-0.05, 0) is 6.92 Å². The number of halogens is 1. The second-order valence-corrected chi connectivity index (χ2v) is 7.07. The maximum atomic E-state index is 11.4. The van der Waals surface area contributed by atoms with Gasteiger partial charge in [-0.3, -0.25) is 4.98 Å². The molecule has 2 aromatic rings. The summed E-state index contributed by atoms with van der Waals surface area (Å²) in [5.41, 5.74) is 1.59. The molecule has 6 nitrogen and oxygen atoms in total. The third-order valence-electron chi connectivity index (χ3n) is 2.95. The number of hydrogen-bond donors (Lipinski definition) is 0. The summed E-state index contributed by atoms with van der Waals surface area (Å²) >= 11 is 0. The van der Waals surface area contributed by atoms with Crippen LogP contribution in [-0.4, -0.2) is 30.1 Å². The predicted octanol–water partition coefficient (Wildman–Crippen LogP) is 2.13. The van der Waals surface area contributed by atoms with Crippen LogP contribution in [0.25, 0.3) is 0 Å². The van der Waals surface area contributed by atoms with E-state index in [0.29, 0.717) is 24.5 Å². The smallest absolute Gasteiger partial charge is 0.280 e. The van der Waals surface area contributed by atoms with E-state index in [-0.39, 0.29) is 5.03 Å². The van der Waals surface area contributed by atoms with Gasteiger partial charge in [0.05, 0.1) is 19.3 Å². The monoisotopic (exact) mass is 329 g/mol. The molecular weight excluding hydrogens is 314 g/mol. The van der Waals surface area contributed by atoms with Crippen LogP contribution in [0.2, 0.25) is 0 Å². The molecule has 0 bridgehead atoms. The Kier molecular flexibility index (Phi) is 4.53. The zero-order valence-electron chi connectivity index (χ0n) is 12.0. The molecule has 0 N–H and O–H groups in total. The fourth-order valence-electron chi connectivity index (χ4n) is 2.04. The Bertz CT molecular complexity index is 756. The summed E-state index contributed by atoms with van der Waals surface area (Å²) in [5, 5.41) is -0.138. The molecule has 2 rings (SSSR count). The van der Waals surface area contributed by atoms with E-state index in [4.69, 9.17) is 15.4 Å². The standard InChI is InChI=1S/C13H16ClN3O3S/c1-4-12-16-13(21(14,18)19)8-17(12)7-10-6-11(20-3)5-9(2)15-10/h5-6,8H,4,7H2,1-3H3. The summed E-state index contributed by atoms with van der Waals surface area (Å²) in [4.78, 5) is 8.46. The van der Waals surface area contributed by atoms with Crippen molar-refractivity contribution in [2.45, 2.75) is 31.8 Å². The van der Waals surface area contributed by atoms with E-state index >= 15 is 0 Å². The van der Waals surface area contributed by atoms with Crippen molar-refractivity contribution in [1.82, 2.24) is 14.5 Å². The van der Waals surface area contributed by atoms with Crippen LogP contribution >= 0.6 is 10.7 Å². The van der Waals surface area contributed by atoms with E-state index in [0.717, 1.165) is 11.4 Å². The highest BCUT2D eigenvalue weighted by Gasteiger charge is 2.17. The van der Waals surface area contributed by atoms with Crippen LogP contribution in [-0.2, 0) is 22.0 Å². The largest absolute Gasteiger partial charge is 0.497 e. The first kappa shape index (κ1) is 15.8. The Morgan fingerprint density at radius 3 is 2.62 bits per heavy atom. The molecule has 0 aromatic carbocycles. The molecule has 2 heterocycles. The average Bonchev–Trinajstić information content (AvgIpc) is 2.81. The lowest BCUT2D eigenvalue weighted by atomic mass is 10.3.